The minimum absolute atomic E-state index is 0. The fourth-order valence-electron chi connectivity index (χ4n) is 2.46. The van der Waals surface area contributed by atoms with Crippen molar-refractivity contribution in [1.82, 2.24) is 10.2 Å². The van der Waals surface area contributed by atoms with E-state index in [2.05, 4.69) is 10.2 Å². The van der Waals surface area contributed by atoms with Crippen LogP contribution >= 0.6 is 12.4 Å². The number of hydrogen-bond acceptors (Lipinski definition) is 2. The molecule has 1 aliphatic heterocycles. The van der Waals surface area contributed by atoms with Crippen LogP contribution in [0.25, 0.3) is 0 Å². The first-order valence-electron chi connectivity index (χ1n) is 5.42. The summed E-state index contributed by atoms with van der Waals surface area (Å²) in [5.41, 5.74) is 0. The van der Waals surface area contributed by atoms with Crippen LogP contribution in [-0.2, 0) is 4.79 Å². The van der Waals surface area contributed by atoms with Crippen molar-refractivity contribution in [2.24, 2.45) is 0 Å². The maximum Gasteiger partial charge on any atom is 0.251 e. The first-order chi connectivity index (χ1) is 7.11. The van der Waals surface area contributed by atoms with E-state index in [0.717, 1.165) is 25.9 Å². The molecule has 2 fully saturated rings. The number of nitrogens with one attached hydrogen (secondary N) is 1. The molecular formula is C10H17ClF2N2O. The molecule has 1 N–H and O–H groups in total. The number of nitrogens with zero attached hydrogens (tertiary/aromatic N) is 1. The van der Waals surface area contributed by atoms with Crippen LogP contribution in [0.15, 0.2) is 0 Å². The van der Waals surface area contributed by atoms with Gasteiger partial charge in [0.2, 0.25) is 6.41 Å². The summed E-state index contributed by atoms with van der Waals surface area (Å²) in [4.78, 5) is 12.4. The van der Waals surface area contributed by atoms with Crippen molar-refractivity contribution in [3.63, 3.8) is 0 Å². The van der Waals surface area contributed by atoms with Crippen LogP contribution in [0.2, 0.25) is 0 Å². The van der Waals surface area contributed by atoms with E-state index in [1.807, 2.05) is 0 Å². The van der Waals surface area contributed by atoms with Crippen molar-refractivity contribution in [1.29, 1.82) is 0 Å². The Hall–Kier alpha value is -0.420. The molecule has 1 saturated carbocycles. The van der Waals surface area contributed by atoms with E-state index in [1.165, 1.54) is 0 Å². The van der Waals surface area contributed by atoms with Crippen molar-refractivity contribution in [2.45, 2.75) is 43.7 Å². The van der Waals surface area contributed by atoms with Crippen molar-refractivity contribution in [3.8, 4) is 0 Å². The minimum Gasteiger partial charge on any atom is -0.355 e. The van der Waals surface area contributed by atoms with E-state index in [0.29, 0.717) is 6.41 Å². The van der Waals surface area contributed by atoms with Crippen molar-refractivity contribution < 1.29 is 13.6 Å². The zero-order chi connectivity index (χ0) is 10.9. The molecule has 1 amide bonds. The molecular weight excluding hydrogens is 238 g/mol. The highest BCUT2D eigenvalue weighted by Gasteiger charge is 2.48. The first kappa shape index (κ1) is 13.6. The summed E-state index contributed by atoms with van der Waals surface area (Å²) in [5.74, 6) is -2.45. The van der Waals surface area contributed by atoms with Gasteiger partial charge in [0.1, 0.15) is 0 Å². The maximum absolute atomic E-state index is 12.7. The number of halogens is 3. The van der Waals surface area contributed by atoms with Crippen LogP contribution < -0.4 is 5.32 Å². The van der Waals surface area contributed by atoms with Gasteiger partial charge in [-0.15, -0.1) is 12.4 Å². The van der Waals surface area contributed by atoms with Crippen LogP contribution in [0, 0.1) is 0 Å². The van der Waals surface area contributed by atoms with E-state index in [-0.39, 0.29) is 37.3 Å². The number of amides is 1. The van der Waals surface area contributed by atoms with Gasteiger partial charge in [-0.1, -0.05) is 0 Å². The van der Waals surface area contributed by atoms with Gasteiger partial charge in [0.15, 0.2) is 0 Å². The zero-order valence-electron chi connectivity index (χ0n) is 8.99. The van der Waals surface area contributed by atoms with Gasteiger partial charge in [0.05, 0.1) is 0 Å². The smallest absolute Gasteiger partial charge is 0.251 e. The zero-order valence-corrected chi connectivity index (χ0v) is 9.81. The number of likely N-dealkylation sites (tertiary alicyclic amines) is 1. The summed E-state index contributed by atoms with van der Waals surface area (Å²) in [5, 5.41) is 2.73. The highest BCUT2D eigenvalue weighted by atomic mass is 35.5. The van der Waals surface area contributed by atoms with Gasteiger partial charge in [-0.2, -0.15) is 0 Å². The van der Waals surface area contributed by atoms with E-state index in [9.17, 15) is 13.6 Å². The molecule has 0 aromatic rings. The Bertz CT molecular complexity index is 245. The standard InChI is InChI=1S/C10H16F2N2O.ClH/c11-10(12)4-9(5-10)14-3-1-2-8(6-14)13-7-15;/h7-9H,1-6H2,(H,13,15);1H/t8-;/m0./s1. The molecule has 0 aromatic heterocycles. The van der Waals surface area contributed by atoms with Gasteiger partial charge >= 0.3 is 0 Å². The maximum atomic E-state index is 12.7. The summed E-state index contributed by atoms with van der Waals surface area (Å²) in [6.07, 6.45) is 2.61. The molecule has 2 aliphatic rings. The molecule has 0 unspecified atom stereocenters. The van der Waals surface area contributed by atoms with E-state index < -0.39 is 5.92 Å². The van der Waals surface area contributed by atoms with Gasteiger partial charge in [0, 0.05) is 31.5 Å². The molecule has 16 heavy (non-hydrogen) atoms. The Balaban J connectivity index is 0.00000128. The Kier molecular flexibility index (Phi) is 4.50. The average molecular weight is 255 g/mol. The minimum atomic E-state index is -2.45. The number of piperidine rings is 1. The molecule has 94 valence electrons. The van der Waals surface area contributed by atoms with Gasteiger partial charge in [0.25, 0.3) is 5.92 Å². The molecule has 3 nitrogen and oxygen atoms in total. The van der Waals surface area contributed by atoms with Crippen LogP contribution in [-0.4, -0.2) is 42.4 Å². The van der Waals surface area contributed by atoms with Crippen molar-refractivity contribution in [2.75, 3.05) is 13.1 Å². The lowest BCUT2D eigenvalue weighted by Crippen LogP contribution is -2.56. The third-order valence-electron chi connectivity index (χ3n) is 3.34. The second kappa shape index (κ2) is 5.27. The molecule has 0 radical (unpaired) electrons. The number of hydrogen-bond donors (Lipinski definition) is 1. The lowest BCUT2D eigenvalue weighted by atomic mass is 9.85. The van der Waals surface area contributed by atoms with Crippen LogP contribution in [0.1, 0.15) is 25.7 Å². The van der Waals surface area contributed by atoms with E-state index >= 15 is 0 Å². The predicted molar refractivity (Wildman–Crippen MR) is 59.0 cm³/mol. The van der Waals surface area contributed by atoms with Gasteiger partial charge < -0.3 is 5.32 Å². The lowest BCUT2D eigenvalue weighted by Gasteiger charge is -2.45. The Morgan fingerprint density at radius 3 is 2.62 bits per heavy atom. The fourth-order valence-corrected chi connectivity index (χ4v) is 2.46. The molecule has 1 atom stereocenters. The summed E-state index contributed by atoms with van der Waals surface area (Å²) >= 11 is 0. The van der Waals surface area contributed by atoms with Crippen LogP contribution in [0.4, 0.5) is 8.78 Å². The van der Waals surface area contributed by atoms with Crippen molar-refractivity contribution >= 4 is 18.8 Å². The Morgan fingerprint density at radius 2 is 2.06 bits per heavy atom. The summed E-state index contributed by atoms with van der Waals surface area (Å²) in [6, 6.07) is 0.168. The number of rotatable bonds is 3. The first-order valence-corrected chi connectivity index (χ1v) is 5.42. The predicted octanol–water partition coefficient (Wildman–Crippen LogP) is 1.42. The Labute approximate surface area is 100.0 Å². The van der Waals surface area contributed by atoms with E-state index in [1.54, 1.807) is 0 Å². The fraction of sp³-hybridized carbons (Fsp3) is 0.900. The second-order valence-electron chi connectivity index (χ2n) is 4.54. The second-order valence-corrected chi connectivity index (χ2v) is 4.54. The van der Waals surface area contributed by atoms with Gasteiger partial charge in [-0.25, -0.2) is 8.78 Å². The normalized spacial score (nSPS) is 30.0. The van der Waals surface area contributed by atoms with Gasteiger partial charge in [-0.05, 0) is 19.4 Å². The Morgan fingerprint density at radius 1 is 1.38 bits per heavy atom. The highest BCUT2D eigenvalue weighted by molar-refractivity contribution is 5.85. The average Bonchev–Trinajstić information content (AvgIpc) is 2.15. The largest absolute Gasteiger partial charge is 0.355 e. The summed E-state index contributed by atoms with van der Waals surface area (Å²) in [6.45, 7) is 1.61. The molecule has 2 rings (SSSR count). The molecule has 0 aromatic carbocycles. The molecule has 1 aliphatic carbocycles. The lowest BCUT2D eigenvalue weighted by molar-refractivity contribution is -0.129. The highest BCUT2D eigenvalue weighted by Crippen LogP contribution is 2.41. The molecule has 1 heterocycles. The molecule has 1 saturated heterocycles. The monoisotopic (exact) mass is 254 g/mol. The SMILES string of the molecule is Cl.O=CN[C@H]1CCCN(C2CC(F)(F)C2)C1. The molecule has 0 spiro atoms. The van der Waals surface area contributed by atoms with Crippen LogP contribution in [0.5, 0.6) is 0 Å². The number of carbonyl (C=O) groups excluding carboxylic acids is 1. The number of carbonyl (C=O) groups is 1. The quantitative estimate of drug-likeness (QED) is 0.773. The summed E-state index contributed by atoms with van der Waals surface area (Å²) in [7, 11) is 0. The summed E-state index contributed by atoms with van der Waals surface area (Å²) < 4.78 is 25.4. The van der Waals surface area contributed by atoms with Crippen molar-refractivity contribution in [3.05, 3.63) is 0 Å². The molecule has 0 bridgehead atoms. The number of alkyl halides is 2. The molecule has 6 heteroatoms. The van der Waals surface area contributed by atoms with Crippen LogP contribution in [0.3, 0.4) is 0 Å². The van der Waals surface area contributed by atoms with E-state index in [4.69, 9.17) is 0 Å². The van der Waals surface area contributed by atoms with Gasteiger partial charge in [-0.3, -0.25) is 9.69 Å². The topological polar surface area (TPSA) is 32.3 Å². The third-order valence-corrected chi connectivity index (χ3v) is 3.34. The third kappa shape index (κ3) is 3.04.